The zero-order valence-electron chi connectivity index (χ0n) is 15.9. The van der Waals surface area contributed by atoms with Crippen LogP contribution in [0.3, 0.4) is 0 Å². The lowest BCUT2D eigenvalue weighted by Crippen LogP contribution is -2.13. The van der Waals surface area contributed by atoms with Crippen LogP contribution in [-0.2, 0) is 6.54 Å². The van der Waals surface area contributed by atoms with E-state index in [0.717, 1.165) is 11.1 Å². The third-order valence-electron chi connectivity index (χ3n) is 4.70. The van der Waals surface area contributed by atoms with Gasteiger partial charge in [-0.3, -0.25) is 14.6 Å². The van der Waals surface area contributed by atoms with Crippen LogP contribution in [0.15, 0.2) is 54.7 Å². The van der Waals surface area contributed by atoms with E-state index < -0.39 is 5.91 Å². The number of rotatable bonds is 5. The van der Waals surface area contributed by atoms with Gasteiger partial charge in [0.15, 0.2) is 17.3 Å². The molecule has 1 aliphatic rings. The molecule has 3 heterocycles. The van der Waals surface area contributed by atoms with Crippen molar-refractivity contribution < 1.29 is 18.7 Å². The number of aromatic nitrogens is 4. The molecule has 156 valence electrons. The molecule has 0 bridgehead atoms. The molecule has 4 aromatic rings. The van der Waals surface area contributed by atoms with Gasteiger partial charge in [-0.25, -0.2) is 4.39 Å². The lowest BCUT2D eigenvalue weighted by molar-refractivity contribution is 0.102. The Balaban J connectivity index is 1.29. The average Bonchev–Trinajstić information content (AvgIpc) is 3.49. The van der Waals surface area contributed by atoms with Crippen LogP contribution in [-0.4, -0.2) is 32.7 Å². The molecule has 0 aliphatic carbocycles. The highest BCUT2D eigenvalue weighted by molar-refractivity contribution is 6.33. The molecule has 0 spiro atoms. The number of nitrogens with one attached hydrogen (secondary N) is 2. The number of anilines is 1. The van der Waals surface area contributed by atoms with Crippen molar-refractivity contribution >= 4 is 23.3 Å². The first kappa shape index (κ1) is 19.1. The first-order valence-corrected chi connectivity index (χ1v) is 9.67. The molecule has 2 aromatic heterocycles. The Morgan fingerprint density at radius 2 is 1.97 bits per heavy atom. The maximum Gasteiger partial charge on any atom is 0.274 e. The SMILES string of the molecule is O=C(Nc1nn(Cc2ccc(F)cc2)cc1Cl)c1cc(-c2ccc3c(c2)OCO3)n[nH]1. The second-order valence-electron chi connectivity index (χ2n) is 6.84. The highest BCUT2D eigenvalue weighted by Crippen LogP contribution is 2.35. The van der Waals surface area contributed by atoms with Gasteiger partial charge >= 0.3 is 0 Å². The highest BCUT2D eigenvalue weighted by atomic mass is 35.5. The summed E-state index contributed by atoms with van der Waals surface area (Å²) in [5.74, 6) is 0.768. The van der Waals surface area contributed by atoms with Crippen LogP contribution in [0.4, 0.5) is 10.2 Å². The zero-order chi connectivity index (χ0) is 21.4. The predicted octanol–water partition coefficient (Wildman–Crippen LogP) is 4.10. The number of hydrogen-bond acceptors (Lipinski definition) is 5. The number of aromatic amines is 1. The summed E-state index contributed by atoms with van der Waals surface area (Å²) in [6.07, 6.45) is 1.59. The van der Waals surface area contributed by atoms with Gasteiger partial charge in [-0.1, -0.05) is 23.7 Å². The van der Waals surface area contributed by atoms with Gasteiger partial charge in [-0.15, -0.1) is 0 Å². The molecule has 2 N–H and O–H groups in total. The summed E-state index contributed by atoms with van der Waals surface area (Å²) in [7, 11) is 0. The minimum atomic E-state index is -0.437. The molecule has 8 nitrogen and oxygen atoms in total. The van der Waals surface area contributed by atoms with Gasteiger partial charge in [0, 0.05) is 11.8 Å². The summed E-state index contributed by atoms with van der Waals surface area (Å²) in [4.78, 5) is 12.6. The third kappa shape index (κ3) is 3.95. The van der Waals surface area contributed by atoms with Crippen molar-refractivity contribution in [3.63, 3.8) is 0 Å². The Bertz CT molecular complexity index is 1270. The van der Waals surface area contributed by atoms with Gasteiger partial charge in [0.05, 0.1) is 12.2 Å². The molecular weight excluding hydrogens is 425 g/mol. The second-order valence-corrected chi connectivity index (χ2v) is 7.25. The number of H-pyrrole nitrogens is 1. The smallest absolute Gasteiger partial charge is 0.274 e. The topological polar surface area (TPSA) is 94.1 Å². The lowest BCUT2D eigenvalue weighted by Gasteiger charge is -2.02. The van der Waals surface area contributed by atoms with E-state index in [0.29, 0.717) is 23.7 Å². The van der Waals surface area contributed by atoms with Gasteiger partial charge in [0.25, 0.3) is 5.91 Å². The van der Waals surface area contributed by atoms with Crippen molar-refractivity contribution in [1.29, 1.82) is 0 Å². The number of hydrogen-bond donors (Lipinski definition) is 2. The van der Waals surface area contributed by atoms with Crippen LogP contribution in [0.5, 0.6) is 11.5 Å². The number of benzene rings is 2. The van der Waals surface area contributed by atoms with Crippen molar-refractivity contribution in [2.75, 3.05) is 12.1 Å². The van der Waals surface area contributed by atoms with E-state index in [1.807, 2.05) is 6.07 Å². The molecule has 0 radical (unpaired) electrons. The Hall–Kier alpha value is -3.85. The van der Waals surface area contributed by atoms with E-state index in [9.17, 15) is 9.18 Å². The van der Waals surface area contributed by atoms with E-state index in [4.69, 9.17) is 21.1 Å². The zero-order valence-corrected chi connectivity index (χ0v) is 16.7. The fourth-order valence-corrected chi connectivity index (χ4v) is 3.35. The largest absolute Gasteiger partial charge is 0.454 e. The molecule has 31 heavy (non-hydrogen) atoms. The van der Waals surface area contributed by atoms with Crippen molar-refractivity contribution in [2.45, 2.75) is 6.54 Å². The van der Waals surface area contributed by atoms with E-state index in [-0.39, 0.29) is 29.1 Å². The third-order valence-corrected chi connectivity index (χ3v) is 4.97. The molecular formula is C21H15ClFN5O3. The first-order chi connectivity index (χ1) is 15.0. The number of nitrogens with zero attached hydrogens (tertiary/aromatic N) is 3. The van der Waals surface area contributed by atoms with E-state index in [1.54, 1.807) is 41.2 Å². The summed E-state index contributed by atoms with van der Waals surface area (Å²) in [6.45, 7) is 0.565. The minimum Gasteiger partial charge on any atom is -0.454 e. The average molecular weight is 440 g/mol. The summed E-state index contributed by atoms with van der Waals surface area (Å²) in [6, 6.07) is 13.1. The molecule has 0 unspecified atom stereocenters. The van der Waals surface area contributed by atoms with Gasteiger partial charge in [-0.2, -0.15) is 10.2 Å². The molecule has 0 atom stereocenters. The van der Waals surface area contributed by atoms with Gasteiger partial charge in [0.1, 0.15) is 16.5 Å². The van der Waals surface area contributed by atoms with Crippen molar-refractivity contribution in [3.05, 3.63) is 76.8 Å². The maximum absolute atomic E-state index is 13.1. The summed E-state index contributed by atoms with van der Waals surface area (Å²) in [5.41, 5.74) is 2.45. The number of carbonyl (C=O) groups is 1. The molecule has 1 aliphatic heterocycles. The Morgan fingerprint density at radius 3 is 2.81 bits per heavy atom. The standard InChI is InChI=1S/C21H15ClFN5O3/c22-15-10-28(9-12-1-4-14(23)5-2-12)27-20(15)24-21(29)17-8-16(25-26-17)13-3-6-18-19(7-13)31-11-30-18/h1-8,10H,9,11H2,(H,25,26)(H,24,27,29). The van der Waals surface area contributed by atoms with Crippen molar-refractivity contribution in [1.82, 2.24) is 20.0 Å². The van der Waals surface area contributed by atoms with Crippen molar-refractivity contribution in [2.24, 2.45) is 0 Å². The van der Waals surface area contributed by atoms with Crippen LogP contribution in [0.2, 0.25) is 5.02 Å². The molecule has 0 saturated carbocycles. The van der Waals surface area contributed by atoms with Gasteiger partial charge in [0.2, 0.25) is 6.79 Å². The Kier molecular flexibility index (Phi) is 4.79. The molecule has 0 fully saturated rings. The number of carbonyl (C=O) groups excluding carboxylic acids is 1. The monoisotopic (exact) mass is 439 g/mol. The molecule has 0 saturated heterocycles. The second kappa shape index (κ2) is 7.77. The highest BCUT2D eigenvalue weighted by Gasteiger charge is 2.18. The molecule has 10 heteroatoms. The van der Waals surface area contributed by atoms with Crippen LogP contribution < -0.4 is 14.8 Å². The van der Waals surface area contributed by atoms with E-state index in [1.165, 1.54) is 12.1 Å². The fourth-order valence-electron chi connectivity index (χ4n) is 3.16. The number of amides is 1. The Labute approximate surface area is 180 Å². The van der Waals surface area contributed by atoms with E-state index in [2.05, 4.69) is 20.6 Å². The van der Waals surface area contributed by atoms with E-state index >= 15 is 0 Å². The van der Waals surface area contributed by atoms with Gasteiger partial charge in [-0.05, 0) is 42.0 Å². The fraction of sp³-hybridized carbons (Fsp3) is 0.0952. The summed E-state index contributed by atoms with van der Waals surface area (Å²) >= 11 is 6.21. The first-order valence-electron chi connectivity index (χ1n) is 9.29. The minimum absolute atomic E-state index is 0.182. The number of ether oxygens (including phenoxy) is 2. The number of halogens is 2. The van der Waals surface area contributed by atoms with Crippen LogP contribution in [0, 0.1) is 5.82 Å². The van der Waals surface area contributed by atoms with Crippen LogP contribution >= 0.6 is 11.6 Å². The van der Waals surface area contributed by atoms with Crippen LogP contribution in [0.1, 0.15) is 16.1 Å². The summed E-state index contributed by atoms with van der Waals surface area (Å²) < 4.78 is 25.3. The maximum atomic E-state index is 13.1. The predicted molar refractivity (Wildman–Crippen MR) is 111 cm³/mol. The molecule has 1 amide bonds. The Morgan fingerprint density at radius 1 is 1.16 bits per heavy atom. The van der Waals surface area contributed by atoms with Gasteiger partial charge < -0.3 is 14.8 Å². The molecule has 2 aromatic carbocycles. The quantitative estimate of drug-likeness (QED) is 0.488. The summed E-state index contributed by atoms with van der Waals surface area (Å²) in [5, 5.41) is 14.2. The van der Waals surface area contributed by atoms with Crippen LogP contribution in [0.25, 0.3) is 11.3 Å². The molecule has 5 rings (SSSR count). The number of fused-ring (bicyclic) bond motifs is 1. The lowest BCUT2D eigenvalue weighted by atomic mass is 10.1. The normalized spacial score (nSPS) is 12.2. The van der Waals surface area contributed by atoms with Crippen molar-refractivity contribution in [3.8, 4) is 22.8 Å².